The minimum Gasteiger partial charge on any atom is -0.506 e. The number of hydrogen-bond acceptors (Lipinski definition) is 3. The molecule has 0 amide bonds. The van der Waals surface area contributed by atoms with Crippen LogP contribution in [0.25, 0.3) is 0 Å². The molecule has 0 aliphatic carbocycles. The van der Waals surface area contributed by atoms with E-state index in [4.69, 9.17) is 22.1 Å². The van der Waals surface area contributed by atoms with Crippen molar-refractivity contribution in [2.45, 2.75) is 18.9 Å². The first-order valence-electron chi connectivity index (χ1n) is 5.61. The van der Waals surface area contributed by atoms with Crippen molar-refractivity contribution < 1.29 is 9.84 Å². The van der Waals surface area contributed by atoms with Gasteiger partial charge < -0.3 is 15.6 Å². The highest BCUT2D eigenvalue weighted by molar-refractivity contribution is 9.10. The molecular formula is C12H16BrCl2NO2. The largest absolute Gasteiger partial charge is 0.506 e. The molecule has 1 aliphatic heterocycles. The second-order valence-electron chi connectivity index (χ2n) is 4.27. The standard InChI is InChI=1S/C12H15BrClNO2.ClH/c13-10-9(14)2-1-8(12(10)16)11(15)7-3-5-17-6-4-7;/h1-2,7,11,16H,3-6,15H2;1H/t11-;/m0./s1. The summed E-state index contributed by atoms with van der Waals surface area (Å²) in [6, 6.07) is 3.37. The second-order valence-corrected chi connectivity index (χ2v) is 5.47. The van der Waals surface area contributed by atoms with Crippen molar-refractivity contribution in [1.29, 1.82) is 0 Å². The van der Waals surface area contributed by atoms with Crippen LogP contribution in [-0.2, 0) is 4.74 Å². The average Bonchev–Trinajstić information content (AvgIpc) is 2.36. The number of aromatic hydroxyl groups is 1. The average molecular weight is 357 g/mol. The molecule has 1 saturated heterocycles. The Balaban J connectivity index is 0.00000162. The van der Waals surface area contributed by atoms with Crippen molar-refractivity contribution in [3.8, 4) is 5.75 Å². The van der Waals surface area contributed by atoms with Gasteiger partial charge in [-0.2, -0.15) is 0 Å². The molecule has 0 aromatic heterocycles. The van der Waals surface area contributed by atoms with E-state index in [0.717, 1.165) is 31.6 Å². The van der Waals surface area contributed by atoms with E-state index in [0.29, 0.717) is 15.4 Å². The zero-order valence-corrected chi connectivity index (χ0v) is 12.9. The Morgan fingerprint density at radius 3 is 2.61 bits per heavy atom. The summed E-state index contributed by atoms with van der Waals surface area (Å²) in [5.41, 5.74) is 6.95. The van der Waals surface area contributed by atoms with Gasteiger partial charge in [-0.25, -0.2) is 0 Å². The van der Waals surface area contributed by atoms with E-state index in [1.54, 1.807) is 12.1 Å². The Morgan fingerprint density at radius 1 is 1.39 bits per heavy atom. The summed E-state index contributed by atoms with van der Waals surface area (Å²) in [5, 5.41) is 10.5. The van der Waals surface area contributed by atoms with Crippen LogP contribution in [0.3, 0.4) is 0 Å². The molecule has 18 heavy (non-hydrogen) atoms. The van der Waals surface area contributed by atoms with Crippen molar-refractivity contribution in [3.05, 3.63) is 27.2 Å². The topological polar surface area (TPSA) is 55.5 Å². The first kappa shape index (κ1) is 16.1. The predicted octanol–water partition coefficient (Wildman–Crippen LogP) is 3.66. The molecule has 1 heterocycles. The van der Waals surface area contributed by atoms with Crippen molar-refractivity contribution in [2.75, 3.05) is 13.2 Å². The second kappa shape index (κ2) is 6.96. The lowest BCUT2D eigenvalue weighted by Crippen LogP contribution is -2.27. The van der Waals surface area contributed by atoms with Crippen LogP contribution < -0.4 is 5.73 Å². The summed E-state index contributed by atoms with van der Waals surface area (Å²) in [6.45, 7) is 1.49. The molecule has 1 aliphatic rings. The molecule has 102 valence electrons. The Morgan fingerprint density at radius 2 is 2.00 bits per heavy atom. The fourth-order valence-electron chi connectivity index (χ4n) is 2.15. The van der Waals surface area contributed by atoms with Crippen molar-refractivity contribution in [2.24, 2.45) is 11.7 Å². The highest BCUT2D eigenvalue weighted by Gasteiger charge is 2.25. The minimum atomic E-state index is -0.174. The van der Waals surface area contributed by atoms with Gasteiger partial charge in [0.15, 0.2) is 0 Å². The predicted molar refractivity (Wildman–Crippen MR) is 78.5 cm³/mol. The highest BCUT2D eigenvalue weighted by atomic mass is 79.9. The highest BCUT2D eigenvalue weighted by Crippen LogP contribution is 2.40. The minimum absolute atomic E-state index is 0. The molecule has 0 saturated carbocycles. The number of phenolic OH excluding ortho intramolecular Hbond substituents is 1. The number of hydrogen-bond donors (Lipinski definition) is 2. The Kier molecular flexibility index (Phi) is 6.21. The lowest BCUT2D eigenvalue weighted by atomic mass is 9.87. The molecule has 0 spiro atoms. The SMILES string of the molecule is Cl.N[C@H](c1ccc(Cl)c(Br)c1O)C1CCOCC1. The molecular weight excluding hydrogens is 341 g/mol. The summed E-state index contributed by atoms with van der Waals surface area (Å²) < 4.78 is 5.82. The van der Waals surface area contributed by atoms with Crippen LogP contribution in [0.2, 0.25) is 5.02 Å². The molecule has 0 bridgehead atoms. The van der Waals surface area contributed by atoms with Crippen LogP contribution >= 0.6 is 39.9 Å². The zero-order chi connectivity index (χ0) is 12.4. The molecule has 3 N–H and O–H groups in total. The van der Waals surface area contributed by atoms with Gasteiger partial charge in [0, 0.05) is 24.8 Å². The number of halogens is 3. The smallest absolute Gasteiger partial charge is 0.136 e. The molecule has 3 nitrogen and oxygen atoms in total. The normalized spacial score (nSPS) is 18.2. The molecule has 2 rings (SSSR count). The number of nitrogens with two attached hydrogens (primary N) is 1. The van der Waals surface area contributed by atoms with Crippen LogP contribution in [0, 0.1) is 5.92 Å². The van der Waals surface area contributed by atoms with Gasteiger partial charge in [0.1, 0.15) is 5.75 Å². The molecule has 0 radical (unpaired) electrons. The van der Waals surface area contributed by atoms with Gasteiger partial charge in [-0.1, -0.05) is 17.7 Å². The van der Waals surface area contributed by atoms with E-state index in [1.807, 2.05) is 0 Å². The lowest BCUT2D eigenvalue weighted by molar-refractivity contribution is 0.0581. The van der Waals surface area contributed by atoms with E-state index < -0.39 is 0 Å². The maximum atomic E-state index is 10.0. The lowest BCUT2D eigenvalue weighted by Gasteiger charge is -2.28. The molecule has 6 heteroatoms. The third-order valence-corrected chi connectivity index (χ3v) is 4.58. The molecule has 1 fully saturated rings. The third kappa shape index (κ3) is 3.31. The maximum Gasteiger partial charge on any atom is 0.136 e. The Bertz CT molecular complexity index is 411. The van der Waals surface area contributed by atoms with E-state index in [2.05, 4.69) is 15.9 Å². The molecule has 1 aromatic carbocycles. The van der Waals surface area contributed by atoms with Gasteiger partial charge in [-0.05, 0) is 40.8 Å². The van der Waals surface area contributed by atoms with Gasteiger partial charge in [-0.15, -0.1) is 12.4 Å². The van der Waals surface area contributed by atoms with Crippen molar-refractivity contribution >= 4 is 39.9 Å². The number of ether oxygens (including phenoxy) is 1. The summed E-state index contributed by atoms with van der Waals surface area (Å²) >= 11 is 9.17. The van der Waals surface area contributed by atoms with Crippen LogP contribution in [0.1, 0.15) is 24.4 Å². The van der Waals surface area contributed by atoms with Crippen LogP contribution in [0.4, 0.5) is 0 Å². The zero-order valence-electron chi connectivity index (χ0n) is 9.73. The number of phenols is 1. The fourth-order valence-corrected chi connectivity index (χ4v) is 2.67. The first-order valence-corrected chi connectivity index (χ1v) is 6.78. The Hall–Kier alpha value is -0.0000000000000000763. The van der Waals surface area contributed by atoms with Crippen LogP contribution in [-0.4, -0.2) is 18.3 Å². The summed E-state index contributed by atoms with van der Waals surface area (Å²) in [7, 11) is 0. The summed E-state index contributed by atoms with van der Waals surface area (Å²) in [5.74, 6) is 0.499. The summed E-state index contributed by atoms with van der Waals surface area (Å²) in [4.78, 5) is 0. The third-order valence-electron chi connectivity index (χ3n) is 3.23. The van der Waals surface area contributed by atoms with Gasteiger partial charge in [-0.3, -0.25) is 0 Å². The first-order chi connectivity index (χ1) is 8.11. The van der Waals surface area contributed by atoms with Crippen molar-refractivity contribution in [1.82, 2.24) is 0 Å². The quantitative estimate of drug-likeness (QED) is 0.850. The molecule has 1 aromatic rings. The van der Waals surface area contributed by atoms with E-state index >= 15 is 0 Å². The molecule has 1 atom stereocenters. The summed E-state index contributed by atoms with van der Waals surface area (Å²) in [6.07, 6.45) is 1.86. The fraction of sp³-hybridized carbons (Fsp3) is 0.500. The monoisotopic (exact) mass is 355 g/mol. The van der Waals surface area contributed by atoms with Crippen LogP contribution in [0.5, 0.6) is 5.75 Å². The van der Waals surface area contributed by atoms with Gasteiger partial charge in [0.05, 0.1) is 9.50 Å². The van der Waals surface area contributed by atoms with E-state index in [-0.39, 0.29) is 24.2 Å². The van der Waals surface area contributed by atoms with Gasteiger partial charge >= 0.3 is 0 Å². The van der Waals surface area contributed by atoms with Crippen LogP contribution in [0.15, 0.2) is 16.6 Å². The van der Waals surface area contributed by atoms with Crippen molar-refractivity contribution in [3.63, 3.8) is 0 Å². The maximum absolute atomic E-state index is 10.0. The number of rotatable bonds is 2. The van der Waals surface area contributed by atoms with Gasteiger partial charge in [0.25, 0.3) is 0 Å². The van der Waals surface area contributed by atoms with E-state index in [1.165, 1.54) is 0 Å². The van der Waals surface area contributed by atoms with Gasteiger partial charge in [0.2, 0.25) is 0 Å². The number of benzene rings is 1. The molecule has 0 unspecified atom stereocenters. The Labute approximate surface area is 126 Å². The van der Waals surface area contributed by atoms with E-state index in [9.17, 15) is 5.11 Å².